The van der Waals surface area contributed by atoms with Crippen molar-refractivity contribution >= 4 is 38.0 Å². The molecular weight excluding hydrogens is 759 g/mol. The van der Waals surface area contributed by atoms with Gasteiger partial charge in [0, 0.05) is 25.1 Å². The van der Waals surface area contributed by atoms with E-state index in [1.54, 1.807) is 37.3 Å². The third kappa shape index (κ3) is 7.32. The highest BCUT2D eigenvalue weighted by Gasteiger charge is 2.45. The Bertz CT molecular complexity index is 2400. The summed E-state index contributed by atoms with van der Waals surface area (Å²) in [6.45, 7) is 1.69. The van der Waals surface area contributed by atoms with Crippen LogP contribution in [0.2, 0.25) is 0 Å². The molecule has 5 nitrogen and oxygen atoms in total. The van der Waals surface area contributed by atoms with E-state index in [0.29, 0.717) is 15.4 Å². The summed E-state index contributed by atoms with van der Waals surface area (Å²) in [5.41, 5.74) is 0.745. The lowest BCUT2D eigenvalue weighted by Gasteiger charge is -2.39. The Hall–Kier alpha value is -5.02. The third-order valence-corrected chi connectivity index (χ3v) is 14.1. The number of hydrogen-bond acceptors (Lipinski definition) is 6. The van der Waals surface area contributed by atoms with Crippen LogP contribution in [0.5, 0.6) is 5.75 Å². The number of halogens is 6. The Labute approximate surface area is 306 Å². The van der Waals surface area contributed by atoms with Crippen molar-refractivity contribution in [1.29, 1.82) is 0 Å². The second-order valence-electron chi connectivity index (χ2n) is 11.4. The standard InChI is InChI=1S/C39H26F6O5S3/c1-23-8-15-30(16-9-23)53(47,48)50-52(28-17-10-25(49-2)11-18-28,39-36(44)34(42)33(41)35(43)37(39)45)29-19-12-26(13-20-29)51-27-14-21-32(40)31(22-27)38(46)24-6-4-3-5-7-24/h3-22H,1-2H3. The van der Waals surface area contributed by atoms with Crippen LogP contribution >= 0.6 is 22.1 Å². The Morgan fingerprint density at radius 1 is 0.604 bits per heavy atom. The highest BCUT2D eigenvalue weighted by atomic mass is 32.3. The van der Waals surface area contributed by atoms with Gasteiger partial charge < -0.3 is 4.74 Å². The summed E-state index contributed by atoms with van der Waals surface area (Å²) in [6.07, 6.45) is 0. The number of ether oxygens (including phenoxy) is 1. The van der Waals surface area contributed by atoms with Crippen LogP contribution in [0.25, 0.3) is 0 Å². The number of rotatable bonds is 11. The van der Waals surface area contributed by atoms with Crippen molar-refractivity contribution in [3.05, 3.63) is 173 Å². The van der Waals surface area contributed by atoms with Gasteiger partial charge in [0.15, 0.2) is 29.1 Å². The van der Waals surface area contributed by atoms with E-state index in [0.717, 1.165) is 17.8 Å². The number of ketones is 1. The van der Waals surface area contributed by atoms with Gasteiger partial charge in [-0.1, -0.05) is 59.8 Å². The Morgan fingerprint density at radius 3 is 1.68 bits per heavy atom. The lowest BCUT2D eigenvalue weighted by atomic mass is 10.0. The molecule has 0 saturated carbocycles. The number of benzene rings is 6. The van der Waals surface area contributed by atoms with Gasteiger partial charge in [-0.2, -0.15) is 8.42 Å². The van der Waals surface area contributed by atoms with Crippen molar-refractivity contribution in [3.63, 3.8) is 0 Å². The lowest BCUT2D eigenvalue weighted by molar-refractivity contribution is 0.103. The van der Waals surface area contributed by atoms with Crippen LogP contribution in [-0.2, 0) is 13.7 Å². The third-order valence-electron chi connectivity index (χ3n) is 7.96. The summed E-state index contributed by atoms with van der Waals surface area (Å²) in [5, 5.41) is 0. The van der Waals surface area contributed by atoms with E-state index in [1.165, 1.54) is 92.0 Å². The molecule has 0 fully saturated rings. The van der Waals surface area contributed by atoms with Crippen molar-refractivity contribution in [3.8, 4) is 5.75 Å². The molecule has 1 unspecified atom stereocenters. The quantitative estimate of drug-likeness (QED) is 0.0564. The molecule has 0 radical (unpaired) electrons. The number of methoxy groups -OCH3 is 1. The maximum absolute atomic E-state index is 16.0. The Balaban J connectivity index is 1.53. The predicted octanol–water partition coefficient (Wildman–Crippen LogP) is 10.8. The summed E-state index contributed by atoms with van der Waals surface area (Å²) in [7, 11) is -8.06. The van der Waals surface area contributed by atoms with E-state index in [1.807, 2.05) is 0 Å². The molecule has 0 N–H and O–H groups in total. The highest BCUT2D eigenvalue weighted by Crippen LogP contribution is 2.72. The van der Waals surface area contributed by atoms with Crippen molar-refractivity contribution in [2.75, 3.05) is 7.11 Å². The van der Waals surface area contributed by atoms with Gasteiger partial charge >= 0.3 is 10.1 Å². The monoisotopic (exact) mass is 784 g/mol. The normalized spacial score (nSPS) is 13.3. The zero-order valence-electron chi connectivity index (χ0n) is 27.6. The second kappa shape index (κ2) is 15.1. The molecule has 272 valence electrons. The highest BCUT2D eigenvalue weighted by molar-refractivity contribution is 8.33. The molecule has 0 aliphatic heterocycles. The molecule has 0 aliphatic carbocycles. The SMILES string of the molecule is COc1ccc(S(OS(=O)(=O)c2ccc(C)cc2)(c2ccc(Sc3ccc(F)c(C(=O)c4ccccc4)c3)cc2)c2c(F)c(F)c(F)c(F)c2F)cc1. The van der Waals surface area contributed by atoms with E-state index in [9.17, 15) is 22.0 Å². The summed E-state index contributed by atoms with van der Waals surface area (Å²) in [4.78, 5) is 11.4. The largest absolute Gasteiger partial charge is 0.497 e. The molecule has 0 spiro atoms. The summed E-state index contributed by atoms with van der Waals surface area (Å²) in [6, 6.07) is 27.6. The van der Waals surface area contributed by atoms with E-state index < -0.39 is 70.9 Å². The van der Waals surface area contributed by atoms with Crippen molar-refractivity contribution < 1.29 is 47.9 Å². The smallest absolute Gasteiger partial charge is 0.307 e. The van der Waals surface area contributed by atoms with Crippen LogP contribution in [0.3, 0.4) is 0 Å². The second-order valence-corrected chi connectivity index (χ2v) is 16.9. The maximum Gasteiger partial charge on any atom is 0.307 e. The van der Waals surface area contributed by atoms with Crippen LogP contribution in [0.1, 0.15) is 21.5 Å². The number of hydrogen-bond donors (Lipinski definition) is 0. The van der Waals surface area contributed by atoms with Gasteiger partial charge in [0.25, 0.3) is 0 Å². The Morgan fingerprint density at radius 2 is 1.11 bits per heavy atom. The molecule has 6 rings (SSSR count). The molecule has 0 heterocycles. The van der Waals surface area contributed by atoms with Gasteiger partial charge in [-0.15, -0.1) is 0 Å². The molecule has 0 aromatic heterocycles. The minimum Gasteiger partial charge on any atom is -0.497 e. The van der Waals surface area contributed by atoms with Crippen LogP contribution < -0.4 is 4.74 Å². The van der Waals surface area contributed by atoms with E-state index in [-0.39, 0.29) is 26.7 Å². The van der Waals surface area contributed by atoms with Gasteiger partial charge in [-0.3, -0.25) is 4.79 Å². The fraction of sp³-hybridized carbons (Fsp3) is 0.0513. The zero-order chi connectivity index (χ0) is 38.1. The fourth-order valence-electron chi connectivity index (χ4n) is 5.29. The lowest BCUT2D eigenvalue weighted by Crippen LogP contribution is -2.19. The fourth-order valence-corrected chi connectivity index (χ4v) is 11.4. The molecule has 14 heteroatoms. The molecule has 0 aliphatic rings. The molecule has 6 aromatic carbocycles. The average Bonchev–Trinajstić information content (AvgIpc) is 3.17. The van der Waals surface area contributed by atoms with Crippen LogP contribution in [0.4, 0.5) is 26.3 Å². The van der Waals surface area contributed by atoms with Crippen LogP contribution in [0, 0.1) is 41.8 Å². The molecule has 1 atom stereocenters. The predicted molar refractivity (Wildman–Crippen MR) is 188 cm³/mol. The molecule has 53 heavy (non-hydrogen) atoms. The van der Waals surface area contributed by atoms with Crippen molar-refractivity contribution in [1.82, 2.24) is 0 Å². The van der Waals surface area contributed by atoms with E-state index >= 15 is 17.6 Å². The minimum atomic E-state index is -5.00. The first kappa shape index (κ1) is 37.7. The molecular formula is C39H26F6O5S3. The van der Waals surface area contributed by atoms with E-state index in [4.69, 9.17) is 8.37 Å². The van der Waals surface area contributed by atoms with Crippen molar-refractivity contribution in [2.24, 2.45) is 0 Å². The average molecular weight is 785 g/mol. The topological polar surface area (TPSA) is 69.7 Å². The first-order chi connectivity index (χ1) is 25.3. The summed E-state index contributed by atoms with van der Waals surface area (Å²) in [5.74, 6) is -12.7. The molecule has 6 aromatic rings. The van der Waals surface area contributed by atoms with Crippen molar-refractivity contribution in [2.45, 2.75) is 36.3 Å². The summed E-state index contributed by atoms with van der Waals surface area (Å²) < 4.78 is 130. The van der Waals surface area contributed by atoms with Gasteiger partial charge in [0.1, 0.15) is 16.5 Å². The summed E-state index contributed by atoms with van der Waals surface area (Å²) >= 11 is 1.06. The van der Waals surface area contributed by atoms with E-state index in [2.05, 4.69) is 0 Å². The van der Waals surface area contributed by atoms with Crippen LogP contribution in [-0.4, -0.2) is 21.3 Å². The number of carbonyl (C=O) groups is 1. The van der Waals surface area contributed by atoms with Gasteiger partial charge in [-0.05, 0) is 96.1 Å². The Kier molecular flexibility index (Phi) is 10.8. The number of aryl methyl sites for hydroxylation is 1. The molecule has 0 bridgehead atoms. The first-order valence-corrected chi connectivity index (χ1v) is 19.2. The molecule has 0 saturated heterocycles. The number of carbonyl (C=O) groups excluding carboxylic acids is 1. The van der Waals surface area contributed by atoms with Crippen LogP contribution in [0.15, 0.2) is 151 Å². The zero-order valence-corrected chi connectivity index (χ0v) is 30.0. The van der Waals surface area contributed by atoms with Gasteiger partial charge in [0.05, 0.1) is 17.6 Å². The van der Waals surface area contributed by atoms with Gasteiger partial charge in [-0.25, -0.2) is 30.0 Å². The minimum absolute atomic E-state index is 0.193. The first-order valence-electron chi connectivity index (χ1n) is 15.5. The van der Waals surface area contributed by atoms with Gasteiger partial charge in [0.2, 0.25) is 5.82 Å². The maximum atomic E-state index is 16.0. The molecule has 0 amide bonds.